The van der Waals surface area contributed by atoms with Crippen LogP contribution in [0.3, 0.4) is 0 Å². The largest absolute Gasteiger partial charge is 0.498 e. The number of hydrogen-bond donors (Lipinski definition) is 2. The van der Waals surface area contributed by atoms with E-state index in [0.29, 0.717) is 0 Å². The van der Waals surface area contributed by atoms with Crippen LogP contribution < -0.4 is 5.73 Å². The predicted molar refractivity (Wildman–Crippen MR) is 210 cm³/mol. The first kappa shape index (κ1) is 48.3. The van der Waals surface area contributed by atoms with Gasteiger partial charge < -0.3 is 20.1 Å². The Bertz CT molecular complexity index is 905. The highest BCUT2D eigenvalue weighted by atomic mass is 31.2. The van der Waals surface area contributed by atoms with Gasteiger partial charge in [-0.3, -0.25) is 13.8 Å². The normalized spacial score (nSPS) is 14.0. The molecule has 0 bridgehead atoms. The van der Waals surface area contributed by atoms with E-state index in [9.17, 15) is 14.3 Å². The zero-order valence-electron chi connectivity index (χ0n) is 32.1. The number of carbonyl (C=O) groups excluding carboxylic acids is 1. The van der Waals surface area contributed by atoms with Crippen LogP contribution in [0.5, 0.6) is 0 Å². The molecule has 0 aromatic carbocycles. The van der Waals surface area contributed by atoms with Crippen LogP contribution in [-0.4, -0.2) is 43.3 Å². The van der Waals surface area contributed by atoms with E-state index in [-0.39, 0.29) is 38.8 Å². The van der Waals surface area contributed by atoms with Crippen molar-refractivity contribution >= 4 is 13.8 Å². The molecule has 0 aromatic rings. The van der Waals surface area contributed by atoms with Gasteiger partial charge in [0.05, 0.1) is 19.5 Å². The van der Waals surface area contributed by atoms with Gasteiger partial charge in [0.25, 0.3) is 0 Å². The maximum absolute atomic E-state index is 12.5. The summed E-state index contributed by atoms with van der Waals surface area (Å²) < 4.78 is 33.1. The number of hydrogen-bond acceptors (Lipinski definition) is 7. The van der Waals surface area contributed by atoms with Gasteiger partial charge in [0, 0.05) is 13.0 Å². The number of esters is 1. The lowest BCUT2D eigenvalue weighted by Gasteiger charge is -2.19. The van der Waals surface area contributed by atoms with Crippen molar-refractivity contribution in [2.45, 2.75) is 180 Å². The summed E-state index contributed by atoms with van der Waals surface area (Å²) in [5.74, 6) is -0.374. The smallest absolute Gasteiger partial charge is 0.472 e. The lowest BCUT2D eigenvalue weighted by molar-refractivity contribution is -0.153. The highest BCUT2D eigenvalue weighted by molar-refractivity contribution is 7.47. The molecule has 292 valence electrons. The number of phosphoric ester groups is 1. The van der Waals surface area contributed by atoms with E-state index in [0.717, 1.165) is 57.8 Å². The van der Waals surface area contributed by atoms with Crippen LogP contribution in [0.25, 0.3) is 0 Å². The third kappa shape index (κ3) is 37.6. The van der Waals surface area contributed by atoms with E-state index in [1.165, 1.54) is 96.3 Å². The number of rotatable bonds is 38. The van der Waals surface area contributed by atoms with Gasteiger partial charge >= 0.3 is 13.8 Å². The highest BCUT2D eigenvalue weighted by Crippen LogP contribution is 2.43. The SMILES string of the molecule is CCCCCC=CCC=CCC=CCCCCCCC(=O)OC(COC=CCCCCCCCCCCCCCC)COP(=O)(O)OCCN. The lowest BCUT2D eigenvalue weighted by Crippen LogP contribution is -2.27. The zero-order valence-corrected chi connectivity index (χ0v) is 33.0. The molecule has 9 heteroatoms. The van der Waals surface area contributed by atoms with Gasteiger partial charge in [-0.2, -0.15) is 0 Å². The molecule has 3 N–H and O–H groups in total. The van der Waals surface area contributed by atoms with Gasteiger partial charge in [0.2, 0.25) is 0 Å². The summed E-state index contributed by atoms with van der Waals surface area (Å²) in [5.41, 5.74) is 5.35. The third-order valence-electron chi connectivity index (χ3n) is 8.31. The van der Waals surface area contributed by atoms with Crippen LogP contribution >= 0.6 is 7.82 Å². The minimum atomic E-state index is -4.29. The number of allylic oxidation sites excluding steroid dienone is 7. The molecule has 0 saturated carbocycles. The molecule has 0 rings (SSSR count). The molecule has 0 saturated heterocycles. The summed E-state index contributed by atoms with van der Waals surface area (Å²) >= 11 is 0. The average molecular weight is 726 g/mol. The molecule has 0 heterocycles. The van der Waals surface area contributed by atoms with Crippen molar-refractivity contribution < 1.29 is 32.8 Å². The van der Waals surface area contributed by atoms with Crippen LogP contribution in [0.4, 0.5) is 0 Å². The van der Waals surface area contributed by atoms with E-state index >= 15 is 0 Å². The van der Waals surface area contributed by atoms with Gasteiger partial charge in [-0.1, -0.05) is 147 Å². The molecule has 0 amide bonds. The van der Waals surface area contributed by atoms with Crippen LogP contribution in [-0.2, 0) is 27.9 Å². The Morgan fingerprint density at radius 2 is 1.08 bits per heavy atom. The van der Waals surface area contributed by atoms with Gasteiger partial charge in [-0.15, -0.1) is 0 Å². The van der Waals surface area contributed by atoms with Crippen molar-refractivity contribution in [2.75, 3.05) is 26.4 Å². The molecular formula is C41H76NO7P. The van der Waals surface area contributed by atoms with Crippen LogP contribution in [0.2, 0.25) is 0 Å². The summed E-state index contributed by atoms with van der Waals surface area (Å²) in [6.45, 7) is 4.18. The third-order valence-corrected chi connectivity index (χ3v) is 9.30. The molecule has 0 aliphatic heterocycles. The number of nitrogens with two attached hydrogens (primary N) is 1. The van der Waals surface area contributed by atoms with Crippen molar-refractivity contribution in [3.8, 4) is 0 Å². The number of ether oxygens (including phenoxy) is 2. The van der Waals surface area contributed by atoms with Crippen molar-refractivity contribution in [3.63, 3.8) is 0 Å². The summed E-state index contributed by atoms with van der Waals surface area (Å²) in [5, 5.41) is 0. The van der Waals surface area contributed by atoms with Crippen molar-refractivity contribution in [1.82, 2.24) is 0 Å². The number of unbranched alkanes of at least 4 members (excludes halogenated alkanes) is 19. The first-order valence-electron chi connectivity index (χ1n) is 20.2. The fraction of sp³-hybridized carbons (Fsp3) is 0.780. The molecule has 8 nitrogen and oxygen atoms in total. The van der Waals surface area contributed by atoms with Gasteiger partial charge in [-0.05, 0) is 63.9 Å². The van der Waals surface area contributed by atoms with E-state index in [2.05, 4.69) is 50.3 Å². The summed E-state index contributed by atoms with van der Waals surface area (Å²) in [6.07, 6.45) is 45.0. The zero-order chi connectivity index (χ0) is 36.6. The van der Waals surface area contributed by atoms with Crippen molar-refractivity contribution in [3.05, 3.63) is 48.8 Å². The Kier molecular flexibility index (Phi) is 37.2. The fourth-order valence-electron chi connectivity index (χ4n) is 5.32. The Labute approximate surface area is 307 Å². The van der Waals surface area contributed by atoms with E-state index < -0.39 is 13.9 Å². The topological polar surface area (TPSA) is 117 Å². The molecule has 2 atom stereocenters. The second-order valence-electron chi connectivity index (χ2n) is 13.2. The Morgan fingerprint density at radius 1 is 0.620 bits per heavy atom. The van der Waals surface area contributed by atoms with Crippen LogP contribution in [0.15, 0.2) is 48.8 Å². The Balaban J connectivity index is 4.18. The first-order chi connectivity index (χ1) is 24.4. The summed E-state index contributed by atoms with van der Waals surface area (Å²) in [4.78, 5) is 22.4. The van der Waals surface area contributed by atoms with E-state index in [1.807, 2.05) is 6.08 Å². The molecule has 0 aromatic heterocycles. The Hall–Kier alpha value is -1.70. The second-order valence-corrected chi connectivity index (χ2v) is 14.7. The van der Waals surface area contributed by atoms with Crippen molar-refractivity contribution in [1.29, 1.82) is 0 Å². The van der Waals surface area contributed by atoms with E-state index in [4.69, 9.17) is 24.3 Å². The molecular weight excluding hydrogens is 649 g/mol. The fourth-order valence-corrected chi connectivity index (χ4v) is 6.09. The standard InChI is InChI=1S/C41H76NO7P/c1-3-5-7-9-11-13-15-17-19-20-21-22-24-26-28-30-32-34-41(43)49-40(39-48-50(44,45)47-37-35-42)38-46-36-33-31-29-27-25-23-18-16-14-12-10-8-6-4-2/h11,13,17,19,21-22,33,36,40H,3-10,12,14-16,18,20,23-32,34-35,37-39,42H2,1-2H3,(H,44,45). The van der Waals surface area contributed by atoms with Gasteiger partial charge in [-0.25, -0.2) is 4.57 Å². The van der Waals surface area contributed by atoms with Crippen LogP contribution in [0.1, 0.15) is 174 Å². The number of phosphoric acid groups is 1. The lowest BCUT2D eigenvalue weighted by atomic mass is 10.0. The van der Waals surface area contributed by atoms with Gasteiger partial charge in [0.1, 0.15) is 6.61 Å². The van der Waals surface area contributed by atoms with Crippen molar-refractivity contribution in [2.24, 2.45) is 5.73 Å². The molecule has 0 fully saturated rings. The minimum Gasteiger partial charge on any atom is -0.498 e. The second kappa shape index (κ2) is 38.5. The molecule has 2 unspecified atom stereocenters. The minimum absolute atomic E-state index is 0.0227. The monoisotopic (exact) mass is 726 g/mol. The Morgan fingerprint density at radius 3 is 1.64 bits per heavy atom. The summed E-state index contributed by atoms with van der Waals surface area (Å²) in [6, 6.07) is 0. The maximum atomic E-state index is 12.5. The average Bonchev–Trinajstić information content (AvgIpc) is 3.10. The molecule has 0 radical (unpaired) electrons. The first-order valence-corrected chi connectivity index (χ1v) is 21.7. The highest BCUT2D eigenvalue weighted by Gasteiger charge is 2.25. The molecule has 0 aliphatic rings. The van der Waals surface area contributed by atoms with Gasteiger partial charge in [0.15, 0.2) is 6.10 Å². The molecule has 0 spiro atoms. The quantitative estimate of drug-likeness (QED) is 0.0212. The number of carbonyl (C=O) groups is 1. The predicted octanol–water partition coefficient (Wildman–Crippen LogP) is 12.0. The summed E-state index contributed by atoms with van der Waals surface area (Å²) in [7, 11) is -4.29. The molecule has 0 aliphatic carbocycles. The maximum Gasteiger partial charge on any atom is 0.472 e. The molecule has 50 heavy (non-hydrogen) atoms. The van der Waals surface area contributed by atoms with Crippen LogP contribution in [0, 0.1) is 0 Å². The van der Waals surface area contributed by atoms with E-state index in [1.54, 1.807) is 6.26 Å².